The highest BCUT2D eigenvalue weighted by Crippen LogP contribution is 2.24. The molecule has 1 N–H and O–H groups in total. The normalized spacial score (nSPS) is 10.1. The van der Waals surface area contributed by atoms with E-state index in [-0.39, 0.29) is 24.1 Å². The van der Waals surface area contributed by atoms with Gasteiger partial charge in [-0.1, -0.05) is 24.3 Å². The molecule has 0 aliphatic carbocycles. The van der Waals surface area contributed by atoms with Crippen LogP contribution in [0.25, 0.3) is 0 Å². The third-order valence-electron chi connectivity index (χ3n) is 3.27. The summed E-state index contributed by atoms with van der Waals surface area (Å²) < 4.78 is 13.1. The first-order chi connectivity index (χ1) is 10.5. The summed E-state index contributed by atoms with van der Waals surface area (Å²) in [5.74, 6) is -0.774. The zero-order valence-electron chi connectivity index (χ0n) is 12.5. The molecule has 2 aromatic rings. The van der Waals surface area contributed by atoms with Gasteiger partial charge in [-0.05, 0) is 29.8 Å². The Labute approximate surface area is 128 Å². The molecule has 5 heteroatoms. The average molecular weight is 300 g/mol. The Morgan fingerprint density at radius 1 is 1.14 bits per heavy atom. The van der Waals surface area contributed by atoms with E-state index in [1.165, 1.54) is 24.0 Å². The zero-order valence-corrected chi connectivity index (χ0v) is 12.5. The lowest BCUT2D eigenvalue weighted by atomic mass is 10.1. The van der Waals surface area contributed by atoms with Crippen molar-refractivity contribution in [1.29, 1.82) is 0 Å². The maximum absolute atomic E-state index is 13.1. The van der Waals surface area contributed by atoms with Gasteiger partial charge >= 0.3 is 0 Å². The molecule has 0 radical (unpaired) electrons. The molecule has 0 bridgehead atoms. The average Bonchev–Trinajstić information content (AvgIpc) is 2.47. The SMILES string of the molecule is CC(=O)N(C)c1ccccc1NC(=O)Cc1cccc(F)c1. The number of amides is 2. The van der Waals surface area contributed by atoms with Crippen LogP contribution in [0.1, 0.15) is 12.5 Å². The van der Waals surface area contributed by atoms with Crippen LogP contribution in [0.3, 0.4) is 0 Å². The molecule has 0 aliphatic heterocycles. The molecule has 0 saturated heterocycles. The van der Waals surface area contributed by atoms with Crippen molar-refractivity contribution in [2.75, 3.05) is 17.3 Å². The number of rotatable bonds is 4. The highest BCUT2D eigenvalue weighted by atomic mass is 19.1. The van der Waals surface area contributed by atoms with E-state index in [4.69, 9.17) is 0 Å². The van der Waals surface area contributed by atoms with E-state index in [9.17, 15) is 14.0 Å². The second-order valence-electron chi connectivity index (χ2n) is 4.95. The van der Waals surface area contributed by atoms with Gasteiger partial charge in [-0.15, -0.1) is 0 Å². The Kier molecular flexibility index (Phi) is 4.88. The second kappa shape index (κ2) is 6.85. The van der Waals surface area contributed by atoms with Gasteiger partial charge in [-0.3, -0.25) is 9.59 Å². The van der Waals surface area contributed by atoms with Gasteiger partial charge in [0, 0.05) is 14.0 Å². The molecule has 0 aromatic heterocycles. The minimum absolute atomic E-state index is 0.0654. The lowest BCUT2D eigenvalue weighted by molar-refractivity contribution is -0.117. The number of hydrogen-bond acceptors (Lipinski definition) is 2. The minimum Gasteiger partial charge on any atom is -0.324 e. The summed E-state index contributed by atoms with van der Waals surface area (Å²) in [6.07, 6.45) is 0.0654. The van der Waals surface area contributed by atoms with Crippen LogP contribution in [-0.2, 0) is 16.0 Å². The fourth-order valence-corrected chi connectivity index (χ4v) is 2.07. The Balaban J connectivity index is 2.13. The maximum atomic E-state index is 13.1. The fraction of sp³-hybridized carbons (Fsp3) is 0.176. The van der Waals surface area contributed by atoms with Crippen LogP contribution in [0.15, 0.2) is 48.5 Å². The molecule has 0 heterocycles. The second-order valence-corrected chi connectivity index (χ2v) is 4.95. The van der Waals surface area contributed by atoms with Gasteiger partial charge in [-0.2, -0.15) is 0 Å². The molecule has 0 saturated carbocycles. The van der Waals surface area contributed by atoms with Gasteiger partial charge < -0.3 is 10.2 Å². The van der Waals surface area contributed by atoms with E-state index in [1.54, 1.807) is 43.4 Å². The number of halogens is 1. The number of benzene rings is 2. The van der Waals surface area contributed by atoms with Gasteiger partial charge in [-0.25, -0.2) is 4.39 Å². The number of anilines is 2. The molecule has 0 atom stereocenters. The molecule has 2 rings (SSSR count). The first-order valence-electron chi connectivity index (χ1n) is 6.85. The van der Waals surface area contributed by atoms with Gasteiger partial charge in [0.2, 0.25) is 11.8 Å². The van der Waals surface area contributed by atoms with Crippen LogP contribution >= 0.6 is 0 Å². The predicted octanol–water partition coefficient (Wildman–Crippen LogP) is 2.99. The van der Waals surface area contributed by atoms with E-state index in [2.05, 4.69) is 5.32 Å². The highest BCUT2D eigenvalue weighted by molar-refractivity contribution is 6.00. The van der Waals surface area contributed by atoms with Crippen LogP contribution < -0.4 is 10.2 Å². The van der Waals surface area contributed by atoms with E-state index >= 15 is 0 Å². The monoisotopic (exact) mass is 300 g/mol. The Morgan fingerprint density at radius 2 is 1.86 bits per heavy atom. The van der Waals surface area contributed by atoms with Crippen LogP contribution in [0.5, 0.6) is 0 Å². The van der Waals surface area contributed by atoms with Crippen molar-refractivity contribution in [3.63, 3.8) is 0 Å². The molecular formula is C17H17FN2O2. The number of para-hydroxylation sites is 2. The number of hydrogen-bond donors (Lipinski definition) is 1. The molecule has 22 heavy (non-hydrogen) atoms. The fourth-order valence-electron chi connectivity index (χ4n) is 2.07. The van der Waals surface area contributed by atoms with Crippen molar-refractivity contribution in [3.8, 4) is 0 Å². The van der Waals surface area contributed by atoms with Crippen LogP contribution in [0, 0.1) is 5.82 Å². The zero-order chi connectivity index (χ0) is 16.1. The third-order valence-corrected chi connectivity index (χ3v) is 3.27. The Morgan fingerprint density at radius 3 is 2.55 bits per heavy atom. The summed E-state index contributed by atoms with van der Waals surface area (Å²) in [5, 5.41) is 2.76. The minimum atomic E-state index is -0.373. The van der Waals surface area contributed by atoms with Crippen molar-refractivity contribution in [2.24, 2.45) is 0 Å². The topological polar surface area (TPSA) is 49.4 Å². The van der Waals surface area contributed by atoms with Gasteiger partial charge in [0.25, 0.3) is 0 Å². The maximum Gasteiger partial charge on any atom is 0.228 e. The quantitative estimate of drug-likeness (QED) is 0.943. The van der Waals surface area contributed by atoms with Crippen molar-refractivity contribution < 1.29 is 14.0 Å². The standard InChI is InChI=1S/C17H17FN2O2/c1-12(21)20(2)16-9-4-3-8-15(16)19-17(22)11-13-6-5-7-14(18)10-13/h3-10H,11H2,1-2H3,(H,19,22). The summed E-state index contributed by atoms with van der Waals surface area (Å²) in [6, 6.07) is 12.9. The third kappa shape index (κ3) is 3.91. The number of nitrogens with one attached hydrogen (secondary N) is 1. The summed E-state index contributed by atoms with van der Waals surface area (Å²) in [5.41, 5.74) is 1.75. The van der Waals surface area contributed by atoms with Crippen LogP contribution in [0.2, 0.25) is 0 Å². The van der Waals surface area contributed by atoms with Crippen LogP contribution in [0.4, 0.5) is 15.8 Å². The smallest absolute Gasteiger partial charge is 0.228 e. The largest absolute Gasteiger partial charge is 0.324 e. The molecule has 0 spiro atoms. The van der Waals surface area contributed by atoms with Crippen molar-refractivity contribution in [3.05, 3.63) is 59.9 Å². The van der Waals surface area contributed by atoms with Crippen molar-refractivity contribution >= 4 is 23.2 Å². The highest BCUT2D eigenvalue weighted by Gasteiger charge is 2.12. The lowest BCUT2D eigenvalue weighted by Gasteiger charge is -2.19. The van der Waals surface area contributed by atoms with Crippen molar-refractivity contribution in [1.82, 2.24) is 0 Å². The summed E-state index contributed by atoms with van der Waals surface area (Å²) >= 11 is 0. The molecule has 114 valence electrons. The summed E-state index contributed by atoms with van der Waals surface area (Å²) in [6.45, 7) is 1.45. The van der Waals surface area contributed by atoms with Gasteiger partial charge in [0.15, 0.2) is 0 Å². The van der Waals surface area contributed by atoms with Gasteiger partial charge in [0.05, 0.1) is 17.8 Å². The number of carbonyl (C=O) groups excluding carboxylic acids is 2. The summed E-state index contributed by atoms with van der Waals surface area (Å²) in [7, 11) is 1.64. The van der Waals surface area contributed by atoms with Gasteiger partial charge in [0.1, 0.15) is 5.82 Å². The van der Waals surface area contributed by atoms with E-state index in [0.29, 0.717) is 16.9 Å². The molecule has 2 amide bonds. The first-order valence-corrected chi connectivity index (χ1v) is 6.85. The molecule has 0 aliphatic rings. The number of nitrogens with zero attached hydrogens (tertiary/aromatic N) is 1. The van der Waals surface area contributed by atoms with E-state index < -0.39 is 0 Å². The van der Waals surface area contributed by atoms with Crippen LogP contribution in [-0.4, -0.2) is 18.9 Å². The van der Waals surface area contributed by atoms with E-state index in [1.807, 2.05) is 0 Å². The molecule has 0 unspecified atom stereocenters. The predicted molar refractivity (Wildman–Crippen MR) is 84.3 cm³/mol. The Hall–Kier alpha value is -2.69. The molecular weight excluding hydrogens is 283 g/mol. The molecule has 4 nitrogen and oxygen atoms in total. The molecule has 0 fully saturated rings. The molecule has 2 aromatic carbocycles. The van der Waals surface area contributed by atoms with E-state index in [0.717, 1.165) is 0 Å². The lowest BCUT2D eigenvalue weighted by Crippen LogP contribution is -2.25. The Bertz CT molecular complexity index is 701. The summed E-state index contributed by atoms with van der Waals surface area (Å²) in [4.78, 5) is 25.0. The number of carbonyl (C=O) groups is 2. The van der Waals surface area contributed by atoms with Crippen molar-refractivity contribution in [2.45, 2.75) is 13.3 Å². The first kappa shape index (κ1) is 15.7.